The molecular formula is C15H22N2OS. The molecule has 0 aromatic heterocycles. The zero-order valence-electron chi connectivity index (χ0n) is 11.7. The predicted molar refractivity (Wildman–Crippen MR) is 82.6 cm³/mol. The van der Waals surface area contributed by atoms with Gasteiger partial charge >= 0.3 is 0 Å². The van der Waals surface area contributed by atoms with Crippen molar-refractivity contribution in [2.45, 2.75) is 32.4 Å². The van der Waals surface area contributed by atoms with Gasteiger partial charge in [0.25, 0.3) is 0 Å². The lowest BCUT2D eigenvalue weighted by atomic mass is 10.1. The minimum absolute atomic E-state index is 0.0997. The number of carbonyl (C=O) groups is 1. The highest BCUT2D eigenvalue weighted by Gasteiger charge is 2.13. The van der Waals surface area contributed by atoms with Crippen LogP contribution in [0.2, 0.25) is 0 Å². The van der Waals surface area contributed by atoms with Crippen molar-refractivity contribution in [3.8, 4) is 0 Å². The second-order valence-corrected chi connectivity index (χ2v) is 6.33. The Morgan fingerprint density at radius 3 is 2.84 bits per heavy atom. The minimum atomic E-state index is 0.0997. The molecule has 0 spiro atoms. The molecule has 1 heterocycles. The first kappa shape index (κ1) is 14.3. The van der Waals surface area contributed by atoms with E-state index in [0.29, 0.717) is 12.6 Å². The van der Waals surface area contributed by atoms with Gasteiger partial charge in [-0.25, -0.2) is 0 Å². The van der Waals surface area contributed by atoms with Crippen LogP contribution in [0.25, 0.3) is 0 Å². The summed E-state index contributed by atoms with van der Waals surface area (Å²) in [5, 5.41) is 3.61. The van der Waals surface area contributed by atoms with E-state index >= 15 is 0 Å². The van der Waals surface area contributed by atoms with E-state index in [-0.39, 0.29) is 5.91 Å². The first-order valence-corrected chi connectivity index (χ1v) is 7.95. The van der Waals surface area contributed by atoms with Crippen LogP contribution >= 0.6 is 11.8 Å². The normalized spacial score (nSPS) is 16.1. The molecule has 0 saturated carbocycles. The van der Waals surface area contributed by atoms with Crippen LogP contribution < -0.4 is 5.32 Å². The van der Waals surface area contributed by atoms with Gasteiger partial charge in [0, 0.05) is 32.2 Å². The molecule has 1 aromatic rings. The molecule has 1 N–H and O–H groups in total. The maximum Gasteiger partial charge on any atom is 0.219 e. The average molecular weight is 278 g/mol. The Morgan fingerprint density at radius 1 is 1.42 bits per heavy atom. The van der Waals surface area contributed by atoms with E-state index in [0.717, 1.165) is 0 Å². The van der Waals surface area contributed by atoms with Crippen LogP contribution in [0.1, 0.15) is 25.3 Å². The molecule has 1 aromatic carbocycles. The van der Waals surface area contributed by atoms with Crippen LogP contribution in [0.3, 0.4) is 0 Å². The highest BCUT2D eigenvalue weighted by molar-refractivity contribution is 7.99. The van der Waals surface area contributed by atoms with Crippen LogP contribution in [-0.4, -0.2) is 35.4 Å². The summed E-state index contributed by atoms with van der Waals surface area (Å²) in [6, 6.07) is 8.99. The van der Waals surface area contributed by atoms with Crippen molar-refractivity contribution in [1.82, 2.24) is 4.90 Å². The number of thioether (sulfide) groups is 1. The molecule has 0 bridgehead atoms. The lowest BCUT2D eigenvalue weighted by Crippen LogP contribution is -2.25. The monoisotopic (exact) mass is 278 g/mol. The number of anilines is 1. The van der Waals surface area contributed by atoms with Crippen LogP contribution in [0.4, 0.5) is 5.69 Å². The summed E-state index contributed by atoms with van der Waals surface area (Å²) in [7, 11) is 1.83. The molecule has 0 atom stereocenters. The fraction of sp³-hybridized carbons (Fsp3) is 0.533. The summed E-state index contributed by atoms with van der Waals surface area (Å²) in [6.45, 7) is 2.27. The Balaban J connectivity index is 1.96. The van der Waals surface area contributed by atoms with Gasteiger partial charge < -0.3 is 10.2 Å². The third-order valence-electron chi connectivity index (χ3n) is 3.48. The van der Waals surface area contributed by atoms with E-state index in [1.165, 1.54) is 35.6 Å². The summed E-state index contributed by atoms with van der Waals surface area (Å²) >= 11 is 2.04. The third kappa shape index (κ3) is 4.46. The smallest absolute Gasteiger partial charge is 0.219 e. The molecule has 0 aliphatic carbocycles. The van der Waals surface area contributed by atoms with Gasteiger partial charge in [0.15, 0.2) is 0 Å². The number of hydrogen-bond acceptors (Lipinski definition) is 3. The molecule has 1 saturated heterocycles. The average Bonchev–Trinajstić information content (AvgIpc) is 2.40. The second kappa shape index (κ2) is 6.85. The van der Waals surface area contributed by atoms with Crippen LogP contribution in [0, 0.1) is 0 Å². The molecule has 104 valence electrons. The number of amides is 1. The Kier molecular flexibility index (Phi) is 5.14. The highest BCUT2D eigenvalue weighted by Crippen LogP contribution is 2.21. The summed E-state index contributed by atoms with van der Waals surface area (Å²) in [6.07, 6.45) is 2.48. The highest BCUT2D eigenvalue weighted by atomic mass is 32.2. The largest absolute Gasteiger partial charge is 0.382 e. The summed E-state index contributed by atoms with van der Waals surface area (Å²) in [5.74, 6) is 2.61. The molecule has 0 unspecified atom stereocenters. The van der Waals surface area contributed by atoms with E-state index < -0.39 is 0 Å². The number of hydrogen-bond donors (Lipinski definition) is 1. The van der Waals surface area contributed by atoms with Crippen molar-refractivity contribution in [2.75, 3.05) is 23.9 Å². The van der Waals surface area contributed by atoms with Crippen LogP contribution in [0.15, 0.2) is 24.3 Å². The van der Waals surface area contributed by atoms with Gasteiger partial charge in [0.1, 0.15) is 0 Å². The second-order valence-electron chi connectivity index (χ2n) is 5.11. The molecular weight excluding hydrogens is 256 g/mol. The minimum Gasteiger partial charge on any atom is -0.382 e. The Morgan fingerprint density at radius 2 is 2.16 bits per heavy atom. The zero-order valence-corrected chi connectivity index (χ0v) is 12.5. The molecule has 1 aliphatic rings. The van der Waals surface area contributed by atoms with Gasteiger partial charge in [-0.1, -0.05) is 12.1 Å². The maximum absolute atomic E-state index is 11.3. The molecule has 0 radical (unpaired) electrons. The lowest BCUT2D eigenvalue weighted by Gasteiger charge is -2.24. The SMILES string of the molecule is CC(=O)N(C)Cc1cccc(NC2CCSCC2)c1. The maximum atomic E-state index is 11.3. The first-order valence-electron chi connectivity index (χ1n) is 6.80. The molecule has 1 fully saturated rings. The summed E-state index contributed by atoms with van der Waals surface area (Å²) in [4.78, 5) is 13.0. The van der Waals surface area contributed by atoms with Crippen molar-refractivity contribution in [3.63, 3.8) is 0 Å². The van der Waals surface area contributed by atoms with E-state index in [9.17, 15) is 4.79 Å². The number of nitrogens with zero attached hydrogens (tertiary/aromatic N) is 1. The van der Waals surface area contributed by atoms with Crippen LogP contribution in [0.5, 0.6) is 0 Å². The van der Waals surface area contributed by atoms with Gasteiger partial charge in [-0.3, -0.25) is 4.79 Å². The van der Waals surface area contributed by atoms with Crippen molar-refractivity contribution >= 4 is 23.4 Å². The zero-order chi connectivity index (χ0) is 13.7. The van der Waals surface area contributed by atoms with Gasteiger partial charge in [-0.15, -0.1) is 0 Å². The number of carbonyl (C=O) groups excluding carboxylic acids is 1. The quantitative estimate of drug-likeness (QED) is 0.919. The number of nitrogens with one attached hydrogen (secondary N) is 1. The third-order valence-corrected chi connectivity index (χ3v) is 4.53. The molecule has 1 amide bonds. The Hall–Kier alpha value is -1.16. The van der Waals surface area contributed by atoms with E-state index in [4.69, 9.17) is 0 Å². The Bertz CT molecular complexity index is 430. The summed E-state index contributed by atoms with van der Waals surface area (Å²) in [5.41, 5.74) is 2.35. The van der Waals surface area contributed by atoms with Gasteiger partial charge in [-0.05, 0) is 42.0 Å². The fourth-order valence-corrected chi connectivity index (χ4v) is 3.33. The standard InChI is InChI=1S/C15H22N2OS/c1-12(18)17(2)11-13-4-3-5-15(10-13)16-14-6-8-19-9-7-14/h3-5,10,14,16H,6-9,11H2,1-2H3. The van der Waals surface area contributed by atoms with Gasteiger partial charge in [-0.2, -0.15) is 11.8 Å². The number of rotatable bonds is 4. The molecule has 3 nitrogen and oxygen atoms in total. The van der Waals surface area contributed by atoms with Gasteiger partial charge in [0.2, 0.25) is 5.91 Å². The fourth-order valence-electron chi connectivity index (χ4n) is 2.22. The van der Waals surface area contributed by atoms with Crippen molar-refractivity contribution in [1.29, 1.82) is 0 Å². The topological polar surface area (TPSA) is 32.3 Å². The van der Waals surface area contributed by atoms with Crippen molar-refractivity contribution in [3.05, 3.63) is 29.8 Å². The van der Waals surface area contributed by atoms with Crippen molar-refractivity contribution in [2.24, 2.45) is 0 Å². The van der Waals surface area contributed by atoms with E-state index in [1.807, 2.05) is 18.8 Å². The van der Waals surface area contributed by atoms with Crippen LogP contribution in [-0.2, 0) is 11.3 Å². The first-order chi connectivity index (χ1) is 9.15. The van der Waals surface area contributed by atoms with Gasteiger partial charge in [0.05, 0.1) is 0 Å². The predicted octanol–water partition coefficient (Wildman–Crippen LogP) is 2.97. The lowest BCUT2D eigenvalue weighted by molar-refractivity contribution is -0.128. The van der Waals surface area contributed by atoms with Crippen molar-refractivity contribution < 1.29 is 4.79 Å². The molecule has 19 heavy (non-hydrogen) atoms. The van der Waals surface area contributed by atoms with E-state index in [1.54, 1.807) is 11.8 Å². The Labute approximate surface area is 119 Å². The summed E-state index contributed by atoms with van der Waals surface area (Å²) < 4.78 is 0. The molecule has 4 heteroatoms. The molecule has 1 aliphatic heterocycles. The van der Waals surface area contributed by atoms with E-state index in [2.05, 4.69) is 29.6 Å². The number of benzene rings is 1. The molecule has 2 rings (SSSR count).